The van der Waals surface area contributed by atoms with Crippen LogP contribution in [0.25, 0.3) is 0 Å². The van der Waals surface area contributed by atoms with Gasteiger partial charge in [-0.3, -0.25) is 0 Å². The van der Waals surface area contributed by atoms with Gasteiger partial charge in [0, 0.05) is 16.7 Å². The van der Waals surface area contributed by atoms with Crippen LogP contribution in [0.3, 0.4) is 0 Å². The van der Waals surface area contributed by atoms with Crippen LogP contribution >= 0.6 is 15.9 Å². The summed E-state index contributed by atoms with van der Waals surface area (Å²) in [4.78, 5) is 2.57. The molecule has 3 nitrogen and oxygen atoms in total. The molecule has 2 atom stereocenters. The average Bonchev–Trinajstić information content (AvgIpc) is 2.47. The molecule has 0 bridgehead atoms. The molecule has 1 aromatic carbocycles. The SMILES string of the molecule is NCCc1cc(Br)ccc1N1CCOC2CCCCC21. The fourth-order valence-electron chi connectivity index (χ4n) is 3.59. The molecule has 20 heavy (non-hydrogen) atoms. The topological polar surface area (TPSA) is 38.5 Å². The second-order valence-electron chi connectivity index (χ2n) is 5.77. The van der Waals surface area contributed by atoms with Gasteiger partial charge < -0.3 is 15.4 Å². The molecule has 1 aliphatic carbocycles. The molecule has 0 aromatic heterocycles. The first-order valence-corrected chi connectivity index (χ1v) is 8.45. The summed E-state index contributed by atoms with van der Waals surface area (Å²) in [6.45, 7) is 2.54. The maximum Gasteiger partial charge on any atom is 0.0779 e. The van der Waals surface area contributed by atoms with Crippen LogP contribution in [-0.2, 0) is 11.2 Å². The molecular formula is C16H23BrN2O. The van der Waals surface area contributed by atoms with Crippen molar-refractivity contribution in [2.24, 2.45) is 5.73 Å². The summed E-state index contributed by atoms with van der Waals surface area (Å²) in [5.74, 6) is 0. The van der Waals surface area contributed by atoms with Crippen LogP contribution < -0.4 is 10.6 Å². The Labute approximate surface area is 129 Å². The van der Waals surface area contributed by atoms with E-state index in [1.54, 1.807) is 0 Å². The first kappa shape index (κ1) is 14.4. The third-order valence-electron chi connectivity index (χ3n) is 4.50. The largest absolute Gasteiger partial charge is 0.374 e. The number of rotatable bonds is 3. The zero-order valence-corrected chi connectivity index (χ0v) is 13.4. The summed E-state index contributed by atoms with van der Waals surface area (Å²) in [5.41, 5.74) is 8.50. The number of nitrogens with two attached hydrogens (primary N) is 1. The van der Waals surface area contributed by atoms with Gasteiger partial charge in [0.1, 0.15) is 0 Å². The summed E-state index contributed by atoms with van der Waals surface area (Å²) in [5, 5.41) is 0. The van der Waals surface area contributed by atoms with Crippen molar-refractivity contribution in [3.63, 3.8) is 0 Å². The van der Waals surface area contributed by atoms with Gasteiger partial charge in [-0.2, -0.15) is 0 Å². The Kier molecular flexibility index (Phi) is 4.64. The smallest absolute Gasteiger partial charge is 0.0779 e. The molecule has 3 rings (SSSR count). The number of anilines is 1. The average molecular weight is 339 g/mol. The summed E-state index contributed by atoms with van der Waals surface area (Å²) in [7, 11) is 0. The lowest BCUT2D eigenvalue weighted by Gasteiger charge is -2.45. The van der Waals surface area contributed by atoms with Crippen molar-refractivity contribution in [1.82, 2.24) is 0 Å². The summed E-state index contributed by atoms with van der Waals surface area (Å²) in [6, 6.07) is 7.15. The third-order valence-corrected chi connectivity index (χ3v) is 4.99. The van der Waals surface area contributed by atoms with Crippen molar-refractivity contribution in [3.8, 4) is 0 Å². The Balaban J connectivity index is 1.90. The molecule has 2 N–H and O–H groups in total. The Morgan fingerprint density at radius 3 is 3.00 bits per heavy atom. The summed E-state index contributed by atoms with van der Waals surface area (Å²) < 4.78 is 7.12. The number of fused-ring (bicyclic) bond motifs is 1. The van der Waals surface area contributed by atoms with Gasteiger partial charge in [0.15, 0.2) is 0 Å². The molecule has 2 fully saturated rings. The lowest BCUT2D eigenvalue weighted by molar-refractivity contribution is -0.00873. The second kappa shape index (κ2) is 6.46. The van der Waals surface area contributed by atoms with Gasteiger partial charge in [-0.1, -0.05) is 28.8 Å². The number of hydrogen-bond donors (Lipinski definition) is 1. The monoisotopic (exact) mass is 338 g/mol. The van der Waals surface area contributed by atoms with E-state index in [1.807, 2.05) is 0 Å². The highest BCUT2D eigenvalue weighted by atomic mass is 79.9. The minimum atomic E-state index is 0.423. The van der Waals surface area contributed by atoms with Gasteiger partial charge in [-0.05, 0) is 49.6 Å². The number of benzene rings is 1. The maximum absolute atomic E-state index is 5.98. The Hall–Kier alpha value is -0.580. The van der Waals surface area contributed by atoms with Crippen molar-refractivity contribution >= 4 is 21.6 Å². The number of morpholine rings is 1. The van der Waals surface area contributed by atoms with Gasteiger partial charge in [0.05, 0.1) is 18.8 Å². The van der Waals surface area contributed by atoms with Crippen LogP contribution in [-0.4, -0.2) is 31.8 Å². The Morgan fingerprint density at radius 1 is 1.30 bits per heavy atom. The number of nitrogens with zero attached hydrogens (tertiary/aromatic N) is 1. The highest BCUT2D eigenvalue weighted by molar-refractivity contribution is 9.10. The Morgan fingerprint density at radius 2 is 2.15 bits per heavy atom. The van der Waals surface area contributed by atoms with Gasteiger partial charge in [0.25, 0.3) is 0 Å². The molecule has 0 radical (unpaired) electrons. The quantitative estimate of drug-likeness (QED) is 0.920. The van der Waals surface area contributed by atoms with E-state index in [0.717, 1.165) is 24.0 Å². The molecule has 110 valence electrons. The van der Waals surface area contributed by atoms with Crippen LogP contribution in [0.4, 0.5) is 5.69 Å². The zero-order chi connectivity index (χ0) is 13.9. The van der Waals surface area contributed by atoms with Crippen LogP contribution in [0, 0.1) is 0 Å². The fraction of sp³-hybridized carbons (Fsp3) is 0.625. The molecule has 1 aromatic rings. The van der Waals surface area contributed by atoms with Crippen LogP contribution in [0.5, 0.6) is 0 Å². The molecular weight excluding hydrogens is 316 g/mol. The number of hydrogen-bond acceptors (Lipinski definition) is 3. The number of halogens is 1. The molecule has 1 saturated carbocycles. The normalized spacial score (nSPS) is 26.4. The molecule has 2 aliphatic rings. The van der Waals surface area contributed by atoms with Crippen molar-refractivity contribution in [3.05, 3.63) is 28.2 Å². The molecule has 1 heterocycles. The predicted molar refractivity (Wildman–Crippen MR) is 86.2 cm³/mol. The van der Waals surface area contributed by atoms with E-state index in [2.05, 4.69) is 39.0 Å². The molecule has 2 unspecified atom stereocenters. The van der Waals surface area contributed by atoms with E-state index >= 15 is 0 Å². The fourth-order valence-corrected chi connectivity index (χ4v) is 3.99. The highest BCUT2D eigenvalue weighted by Gasteiger charge is 2.34. The van der Waals surface area contributed by atoms with Gasteiger partial charge in [-0.15, -0.1) is 0 Å². The molecule has 0 spiro atoms. The van der Waals surface area contributed by atoms with Gasteiger partial charge >= 0.3 is 0 Å². The van der Waals surface area contributed by atoms with E-state index in [1.165, 1.54) is 36.9 Å². The third kappa shape index (κ3) is 2.87. The minimum absolute atomic E-state index is 0.423. The molecule has 1 aliphatic heterocycles. The summed E-state index contributed by atoms with van der Waals surface area (Å²) in [6.07, 6.45) is 6.46. The highest BCUT2D eigenvalue weighted by Crippen LogP contribution is 2.34. The predicted octanol–water partition coefficient (Wildman–Crippen LogP) is 3.10. The second-order valence-corrected chi connectivity index (χ2v) is 6.68. The molecule has 1 saturated heterocycles. The maximum atomic E-state index is 5.98. The van der Waals surface area contributed by atoms with Gasteiger partial charge in [-0.25, -0.2) is 0 Å². The van der Waals surface area contributed by atoms with Crippen LogP contribution in [0.1, 0.15) is 31.2 Å². The minimum Gasteiger partial charge on any atom is -0.374 e. The van der Waals surface area contributed by atoms with Crippen molar-refractivity contribution in [2.45, 2.75) is 44.2 Å². The summed E-state index contributed by atoms with van der Waals surface area (Å²) >= 11 is 3.58. The van der Waals surface area contributed by atoms with Crippen LogP contribution in [0.15, 0.2) is 22.7 Å². The van der Waals surface area contributed by atoms with E-state index in [-0.39, 0.29) is 0 Å². The van der Waals surface area contributed by atoms with Crippen LogP contribution in [0.2, 0.25) is 0 Å². The van der Waals surface area contributed by atoms with Crippen molar-refractivity contribution in [2.75, 3.05) is 24.6 Å². The molecule has 4 heteroatoms. The van der Waals surface area contributed by atoms with E-state index in [4.69, 9.17) is 10.5 Å². The van der Waals surface area contributed by atoms with E-state index in [9.17, 15) is 0 Å². The van der Waals surface area contributed by atoms with E-state index in [0.29, 0.717) is 18.7 Å². The lowest BCUT2D eigenvalue weighted by atomic mass is 9.89. The van der Waals surface area contributed by atoms with Gasteiger partial charge in [0.2, 0.25) is 0 Å². The van der Waals surface area contributed by atoms with Crippen molar-refractivity contribution < 1.29 is 4.74 Å². The standard InChI is InChI=1S/C16H23BrN2O/c17-13-5-6-14(12(11-13)7-8-18)19-9-10-20-16-4-2-1-3-15(16)19/h5-6,11,15-16H,1-4,7-10,18H2. The molecule has 0 amide bonds. The number of ether oxygens (including phenoxy) is 1. The lowest BCUT2D eigenvalue weighted by Crippen LogP contribution is -2.53. The first-order chi connectivity index (χ1) is 9.79. The Bertz CT molecular complexity index is 464. The zero-order valence-electron chi connectivity index (χ0n) is 11.9. The van der Waals surface area contributed by atoms with Crippen molar-refractivity contribution in [1.29, 1.82) is 0 Å². The first-order valence-electron chi connectivity index (χ1n) is 7.66. The van der Waals surface area contributed by atoms with E-state index < -0.39 is 0 Å².